The van der Waals surface area contributed by atoms with Gasteiger partial charge in [0.15, 0.2) is 5.69 Å². The van der Waals surface area contributed by atoms with Gasteiger partial charge >= 0.3 is 0 Å². The Bertz CT molecular complexity index is 383. The van der Waals surface area contributed by atoms with Crippen LogP contribution >= 0.6 is 0 Å². The number of carbonyl (C=O) groups excluding carboxylic acids is 1. The molecule has 2 heterocycles. The minimum Gasteiger partial charge on any atom is -0.378 e. The lowest BCUT2D eigenvalue weighted by molar-refractivity contribution is 0.0295. The van der Waals surface area contributed by atoms with Crippen LogP contribution in [0.15, 0.2) is 4.52 Å². The fourth-order valence-corrected chi connectivity index (χ4v) is 1.72. The van der Waals surface area contributed by atoms with Gasteiger partial charge in [-0.05, 0) is 6.92 Å². The van der Waals surface area contributed by atoms with E-state index >= 15 is 0 Å². The van der Waals surface area contributed by atoms with Crippen molar-refractivity contribution in [1.82, 2.24) is 10.1 Å². The van der Waals surface area contributed by atoms with E-state index in [1.807, 2.05) is 0 Å². The summed E-state index contributed by atoms with van der Waals surface area (Å²) in [5.41, 5.74) is 6.59. The third kappa shape index (κ3) is 1.94. The zero-order chi connectivity index (χ0) is 11.5. The Hall–Kier alpha value is -1.40. The third-order valence-corrected chi connectivity index (χ3v) is 2.69. The molecular formula is C10H15N3O3. The van der Waals surface area contributed by atoms with Gasteiger partial charge in [0, 0.05) is 25.2 Å². The van der Waals surface area contributed by atoms with Crippen LogP contribution in [-0.2, 0) is 11.3 Å². The molecule has 0 bridgehead atoms. The largest absolute Gasteiger partial charge is 0.378 e. The van der Waals surface area contributed by atoms with Crippen molar-refractivity contribution in [2.75, 3.05) is 26.3 Å². The number of carbonyl (C=O) groups is 1. The van der Waals surface area contributed by atoms with Crippen molar-refractivity contribution in [2.24, 2.45) is 5.73 Å². The molecule has 1 aromatic heterocycles. The first-order valence-electron chi connectivity index (χ1n) is 5.26. The molecule has 1 fully saturated rings. The maximum absolute atomic E-state index is 12.1. The second-order valence-corrected chi connectivity index (χ2v) is 3.67. The molecule has 1 amide bonds. The molecule has 0 saturated carbocycles. The highest BCUT2D eigenvalue weighted by atomic mass is 16.5. The predicted octanol–water partition coefficient (Wildman–Crippen LogP) is -0.0859. The summed E-state index contributed by atoms with van der Waals surface area (Å²) in [5, 5.41) is 3.77. The van der Waals surface area contributed by atoms with E-state index in [4.69, 9.17) is 15.0 Å². The number of rotatable bonds is 2. The van der Waals surface area contributed by atoms with Gasteiger partial charge in [0.2, 0.25) is 0 Å². The maximum Gasteiger partial charge on any atom is 0.276 e. The van der Waals surface area contributed by atoms with E-state index in [2.05, 4.69) is 5.16 Å². The standard InChI is InChI=1S/C10H15N3O3/c1-7-8(6-11)9(12-16-7)10(14)13-2-4-15-5-3-13/h2-6,11H2,1H3. The van der Waals surface area contributed by atoms with Crippen molar-refractivity contribution in [1.29, 1.82) is 0 Å². The highest BCUT2D eigenvalue weighted by molar-refractivity contribution is 5.93. The number of ether oxygens (including phenoxy) is 1. The van der Waals surface area contributed by atoms with E-state index in [9.17, 15) is 4.79 Å². The molecule has 0 radical (unpaired) electrons. The average molecular weight is 225 g/mol. The summed E-state index contributed by atoms with van der Waals surface area (Å²) < 4.78 is 10.2. The molecule has 2 N–H and O–H groups in total. The Balaban J connectivity index is 2.19. The van der Waals surface area contributed by atoms with E-state index in [-0.39, 0.29) is 12.5 Å². The Labute approximate surface area is 93.3 Å². The summed E-state index contributed by atoms with van der Waals surface area (Å²) in [6, 6.07) is 0. The van der Waals surface area contributed by atoms with Gasteiger partial charge in [0.1, 0.15) is 5.76 Å². The van der Waals surface area contributed by atoms with Crippen molar-refractivity contribution in [3.05, 3.63) is 17.0 Å². The minimum absolute atomic E-state index is 0.124. The molecule has 16 heavy (non-hydrogen) atoms. The number of aryl methyl sites for hydroxylation is 1. The molecule has 2 rings (SSSR count). The molecule has 88 valence electrons. The van der Waals surface area contributed by atoms with Crippen molar-refractivity contribution in [3.63, 3.8) is 0 Å². The number of hydrogen-bond donors (Lipinski definition) is 1. The van der Waals surface area contributed by atoms with Gasteiger partial charge in [-0.15, -0.1) is 0 Å². The van der Waals surface area contributed by atoms with Crippen LogP contribution in [0.25, 0.3) is 0 Å². The number of aromatic nitrogens is 1. The lowest BCUT2D eigenvalue weighted by Crippen LogP contribution is -2.41. The Morgan fingerprint density at radius 2 is 2.19 bits per heavy atom. The second-order valence-electron chi connectivity index (χ2n) is 3.67. The quantitative estimate of drug-likeness (QED) is 0.761. The Kier molecular flexibility index (Phi) is 3.21. The van der Waals surface area contributed by atoms with E-state index in [1.165, 1.54) is 0 Å². The fraction of sp³-hybridized carbons (Fsp3) is 0.600. The first-order valence-corrected chi connectivity index (χ1v) is 5.26. The molecule has 1 saturated heterocycles. The van der Waals surface area contributed by atoms with E-state index in [0.717, 1.165) is 0 Å². The van der Waals surface area contributed by atoms with Crippen LogP contribution in [0.2, 0.25) is 0 Å². The van der Waals surface area contributed by atoms with Gasteiger partial charge in [0.25, 0.3) is 5.91 Å². The van der Waals surface area contributed by atoms with E-state index < -0.39 is 0 Å². The number of nitrogens with zero attached hydrogens (tertiary/aromatic N) is 2. The first-order chi connectivity index (χ1) is 7.74. The molecule has 6 nitrogen and oxygen atoms in total. The summed E-state index contributed by atoms with van der Waals surface area (Å²) in [6.45, 7) is 4.34. The van der Waals surface area contributed by atoms with Gasteiger partial charge < -0.3 is 19.9 Å². The van der Waals surface area contributed by atoms with Gasteiger partial charge in [-0.3, -0.25) is 4.79 Å². The number of hydrogen-bond acceptors (Lipinski definition) is 5. The van der Waals surface area contributed by atoms with Crippen molar-refractivity contribution in [2.45, 2.75) is 13.5 Å². The van der Waals surface area contributed by atoms with E-state index in [0.29, 0.717) is 43.3 Å². The van der Waals surface area contributed by atoms with Crippen LogP contribution in [0.1, 0.15) is 21.8 Å². The molecule has 0 atom stereocenters. The zero-order valence-corrected chi connectivity index (χ0v) is 9.23. The summed E-state index contributed by atoms with van der Waals surface area (Å²) >= 11 is 0. The molecule has 6 heteroatoms. The lowest BCUT2D eigenvalue weighted by Gasteiger charge is -2.26. The molecule has 1 aliphatic heterocycles. The SMILES string of the molecule is Cc1onc(C(=O)N2CCOCC2)c1CN. The van der Waals surface area contributed by atoms with Crippen LogP contribution in [0.5, 0.6) is 0 Å². The molecule has 0 aliphatic carbocycles. The van der Waals surface area contributed by atoms with E-state index in [1.54, 1.807) is 11.8 Å². The predicted molar refractivity (Wildman–Crippen MR) is 55.9 cm³/mol. The molecule has 0 unspecified atom stereocenters. The van der Waals surface area contributed by atoms with Crippen LogP contribution in [-0.4, -0.2) is 42.3 Å². The molecule has 1 aromatic rings. The smallest absolute Gasteiger partial charge is 0.276 e. The number of amides is 1. The van der Waals surface area contributed by atoms with Gasteiger partial charge in [0.05, 0.1) is 13.2 Å². The summed E-state index contributed by atoms with van der Waals surface area (Å²) in [7, 11) is 0. The summed E-state index contributed by atoms with van der Waals surface area (Å²) in [4.78, 5) is 13.8. The fourth-order valence-electron chi connectivity index (χ4n) is 1.72. The normalized spacial score (nSPS) is 16.5. The topological polar surface area (TPSA) is 81.6 Å². The van der Waals surface area contributed by atoms with Crippen molar-refractivity contribution < 1.29 is 14.1 Å². The first kappa shape index (κ1) is 11.1. The van der Waals surface area contributed by atoms with Crippen molar-refractivity contribution in [3.8, 4) is 0 Å². The lowest BCUT2D eigenvalue weighted by atomic mass is 10.1. The summed E-state index contributed by atoms with van der Waals surface area (Å²) in [5.74, 6) is 0.486. The third-order valence-electron chi connectivity index (χ3n) is 2.69. The second kappa shape index (κ2) is 4.63. The van der Waals surface area contributed by atoms with Gasteiger partial charge in [-0.2, -0.15) is 0 Å². The zero-order valence-electron chi connectivity index (χ0n) is 9.23. The molecule has 0 aromatic carbocycles. The van der Waals surface area contributed by atoms with Crippen LogP contribution in [0, 0.1) is 6.92 Å². The van der Waals surface area contributed by atoms with Gasteiger partial charge in [-0.1, -0.05) is 5.16 Å². The molecule has 1 aliphatic rings. The monoisotopic (exact) mass is 225 g/mol. The van der Waals surface area contributed by atoms with Crippen LogP contribution in [0.4, 0.5) is 0 Å². The highest BCUT2D eigenvalue weighted by Gasteiger charge is 2.25. The highest BCUT2D eigenvalue weighted by Crippen LogP contribution is 2.15. The average Bonchev–Trinajstić information content (AvgIpc) is 2.70. The molecule has 0 spiro atoms. The number of morpholine rings is 1. The minimum atomic E-state index is -0.124. The summed E-state index contributed by atoms with van der Waals surface area (Å²) in [6.07, 6.45) is 0. The Morgan fingerprint density at radius 3 is 2.81 bits per heavy atom. The van der Waals surface area contributed by atoms with Crippen LogP contribution in [0.3, 0.4) is 0 Å². The van der Waals surface area contributed by atoms with Gasteiger partial charge in [-0.25, -0.2) is 0 Å². The maximum atomic E-state index is 12.1. The molecular weight excluding hydrogens is 210 g/mol. The van der Waals surface area contributed by atoms with Crippen LogP contribution < -0.4 is 5.73 Å². The van der Waals surface area contributed by atoms with Crippen molar-refractivity contribution >= 4 is 5.91 Å². The Morgan fingerprint density at radius 1 is 1.50 bits per heavy atom. The number of nitrogens with two attached hydrogens (primary N) is 1.